The first-order chi connectivity index (χ1) is 14.7. The Balaban J connectivity index is 1.52. The second kappa shape index (κ2) is 8.08. The molecule has 3 N–H and O–H groups in total. The number of nitrogens with one attached hydrogen (secondary N) is 3. The molecule has 8 heteroatoms. The lowest BCUT2D eigenvalue weighted by Crippen LogP contribution is -2.34. The van der Waals surface area contributed by atoms with Gasteiger partial charge in [0.15, 0.2) is 0 Å². The first-order valence-corrected chi connectivity index (χ1v) is 9.95. The van der Waals surface area contributed by atoms with Crippen molar-refractivity contribution in [2.75, 3.05) is 18.4 Å². The van der Waals surface area contributed by atoms with Crippen LogP contribution < -0.4 is 15.4 Å². The Labute approximate surface area is 172 Å². The number of hydrogen-bond acceptors (Lipinski definition) is 6. The summed E-state index contributed by atoms with van der Waals surface area (Å²) >= 11 is 0. The minimum atomic E-state index is -0.318. The van der Waals surface area contributed by atoms with Crippen molar-refractivity contribution in [3.05, 3.63) is 60.8 Å². The van der Waals surface area contributed by atoms with Crippen molar-refractivity contribution < 1.29 is 9.13 Å². The molecule has 0 aliphatic carbocycles. The topological polar surface area (TPSA) is 87.8 Å². The monoisotopic (exact) mass is 404 g/mol. The third-order valence-electron chi connectivity index (χ3n) is 5.10. The predicted octanol–water partition coefficient (Wildman–Crippen LogP) is 4.03. The Kier molecular flexibility index (Phi) is 4.98. The molecule has 0 amide bonds. The summed E-state index contributed by atoms with van der Waals surface area (Å²) in [5, 5.41) is 7.27. The number of imidazole rings is 1. The number of aromatic amines is 1. The number of anilines is 2. The summed E-state index contributed by atoms with van der Waals surface area (Å²) in [4.78, 5) is 16.5. The Morgan fingerprint density at radius 2 is 2.00 bits per heavy atom. The summed E-state index contributed by atoms with van der Waals surface area (Å²) in [5.74, 6) is 1.55. The fourth-order valence-corrected chi connectivity index (χ4v) is 3.60. The van der Waals surface area contributed by atoms with Crippen molar-refractivity contribution in [3.8, 4) is 17.1 Å². The fraction of sp³-hybridized carbons (Fsp3) is 0.227. The van der Waals surface area contributed by atoms with Gasteiger partial charge in [0.25, 0.3) is 0 Å². The lowest BCUT2D eigenvalue weighted by molar-refractivity contribution is 0.163. The Bertz CT molecular complexity index is 1160. The molecular formula is C22H21FN6O. The van der Waals surface area contributed by atoms with Crippen LogP contribution in [0.2, 0.25) is 0 Å². The van der Waals surface area contributed by atoms with E-state index >= 15 is 0 Å². The molecule has 0 atom stereocenters. The molecule has 0 saturated carbocycles. The molecule has 5 rings (SSSR count). The number of aromatic nitrogens is 4. The van der Waals surface area contributed by atoms with Crippen molar-refractivity contribution in [1.29, 1.82) is 0 Å². The smallest absolute Gasteiger partial charge is 0.227 e. The molecule has 1 fully saturated rings. The average molecular weight is 404 g/mol. The summed E-state index contributed by atoms with van der Waals surface area (Å²) in [6.07, 6.45) is 7.29. The molecule has 0 spiro atoms. The normalized spacial score (nSPS) is 14.7. The van der Waals surface area contributed by atoms with E-state index in [0.717, 1.165) is 54.0 Å². The highest BCUT2D eigenvalue weighted by Gasteiger charge is 2.19. The summed E-state index contributed by atoms with van der Waals surface area (Å²) in [7, 11) is 0. The number of nitrogens with zero attached hydrogens (tertiary/aromatic N) is 3. The van der Waals surface area contributed by atoms with Crippen LogP contribution in [0.3, 0.4) is 0 Å². The molecular weight excluding hydrogens is 383 g/mol. The molecule has 7 nitrogen and oxygen atoms in total. The number of piperidine rings is 1. The first-order valence-electron chi connectivity index (χ1n) is 9.95. The van der Waals surface area contributed by atoms with Crippen LogP contribution >= 0.6 is 0 Å². The van der Waals surface area contributed by atoms with Crippen molar-refractivity contribution in [1.82, 2.24) is 25.3 Å². The largest absolute Gasteiger partial charge is 0.489 e. The van der Waals surface area contributed by atoms with Gasteiger partial charge in [-0.15, -0.1) is 0 Å². The molecule has 0 bridgehead atoms. The van der Waals surface area contributed by atoms with Gasteiger partial charge >= 0.3 is 0 Å². The predicted molar refractivity (Wildman–Crippen MR) is 113 cm³/mol. The van der Waals surface area contributed by atoms with Crippen LogP contribution in [0, 0.1) is 5.82 Å². The van der Waals surface area contributed by atoms with Gasteiger partial charge in [0.1, 0.15) is 23.5 Å². The zero-order chi connectivity index (χ0) is 20.3. The van der Waals surface area contributed by atoms with Gasteiger partial charge in [-0.2, -0.15) is 0 Å². The molecule has 152 valence electrons. The van der Waals surface area contributed by atoms with Crippen molar-refractivity contribution in [2.45, 2.75) is 18.9 Å². The minimum Gasteiger partial charge on any atom is -0.489 e. The van der Waals surface area contributed by atoms with E-state index in [1.54, 1.807) is 30.7 Å². The number of fused-ring (bicyclic) bond motifs is 1. The third-order valence-corrected chi connectivity index (χ3v) is 5.10. The quantitative estimate of drug-likeness (QED) is 0.465. The lowest BCUT2D eigenvalue weighted by atomic mass is 10.1. The van der Waals surface area contributed by atoms with Crippen molar-refractivity contribution >= 4 is 22.5 Å². The van der Waals surface area contributed by atoms with Crippen molar-refractivity contribution in [3.63, 3.8) is 0 Å². The second-order valence-corrected chi connectivity index (χ2v) is 7.24. The van der Waals surface area contributed by atoms with Gasteiger partial charge in [0.2, 0.25) is 5.95 Å². The van der Waals surface area contributed by atoms with E-state index in [-0.39, 0.29) is 11.9 Å². The maximum absolute atomic E-state index is 13.5. The standard InChI is InChI=1S/C22H21FN6O/c23-15-2-1-3-16(11-15)28-22-27-13-14-10-18(21-25-8-9-26-21)20(12-19(14)29-22)30-17-4-6-24-7-5-17/h1-3,8-13,17,24H,4-7H2,(H,25,26)(H,27,28,29). The van der Waals surface area contributed by atoms with Crippen LogP contribution in [0.15, 0.2) is 55.0 Å². The Hall–Kier alpha value is -3.52. The second-order valence-electron chi connectivity index (χ2n) is 7.24. The molecule has 1 aliphatic heterocycles. The number of benzene rings is 2. The molecule has 4 aromatic rings. The van der Waals surface area contributed by atoms with E-state index in [4.69, 9.17) is 4.74 Å². The summed E-state index contributed by atoms with van der Waals surface area (Å²) in [6.45, 7) is 1.89. The van der Waals surface area contributed by atoms with E-state index < -0.39 is 0 Å². The molecule has 2 aromatic heterocycles. The van der Waals surface area contributed by atoms with Gasteiger partial charge in [-0.05, 0) is 50.2 Å². The molecule has 2 aromatic carbocycles. The molecule has 3 heterocycles. The number of rotatable bonds is 5. The fourth-order valence-electron chi connectivity index (χ4n) is 3.60. The van der Waals surface area contributed by atoms with Gasteiger partial charge < -0.3 is 20.4 Å². The third kappa shape index (κ3) is 3.95. The number of halogens is 1. The number of hydrogen-bond donors (Lipinski definition) is 3. The Morgan fingerprint density at radius 1 is 1.10 bits per heavy atom. The van der Waals surface area contributed by atoms with Crippen molar-refractivity contribution in [2.24, 2.45) is 0 Å². The van der Waals surface area contributed by atoms with Crippen LogP contribution in [-0.4, -0.2) is 39.1 Å². The molecule has 1 aliphatic rings. The molecule has 0 radical (unpaired) electrons. The lowest BCUT2D eigenvalue weighted by Gasteiger charge is -2.25. The molecule has 0 unspecified atom stereocenters. The van der Waals surface area contributed by atoms with Gasteiger partial charge in [-0.25, -0.2) is 19.3 Å². The van der Waals surface area contributed by atoms with E-state index in [9.17, 15) is 4.39 Å². The van der Waals surface area contributed by atoms with Crippen LogP contribution in [0.25, 0.3) is 22.3 Å². The zero-order valence-corrected chi connectivity index (χ0v) is 16.2. The van der Waals surface area contributed by atoms with E-state index in [1.165, 1.54) is 12.1 Å². The van der Waals surface area contributed by atoms with Crippen LogP contribution in [0.1, 0.15) is 12.8 Å². The summed E-state index contributed by atoms with van der Waals surface area (Å²) in [5.41, 5.74) is 2.20. The highest BCUT2D eigenvalue weighted by Crippen LogP contribution is 2.33. The van der Waals surface area contributed by atoms with Gasteiger partial charge in [-0.1, -0.05) is 6.07 Å². The number of H-pyrrole nitrogens is 1. The van der Waals surface area contributed by atoms with Crippen LogP contribution in [0.5, 0.6) is 5.75 Å². The average Bonchev–Trinajstić information content (AvgIpc) is 3.29. The maximum atomic E-state index is 13.5. The summed E-state index contributed by atoms with van der Waals surface area (Å²) in [6, 6.07) is 10.1. The van der Waals surface area contributed by atoms with E-state index in [2.05, 4.69) is 30.6 Å². The highest BCUT2D eigenvalue weighted by atomic mass is 19.1. The van der Waals surface area contributed by atoms with Gasteiger partial charge in [0.05, 0.1) is 11.1 Å². The molecule has 1 saturated heterocycles. The molecule has 30 heavy (non-hydrogen) atoms. The van der Waals surface area contributed by atoms with Gasteiger partial charge in [0, 0.05) is 35.7 Å². The van der Waals surface area contributed by atoms with Gasteiger partial charge in [-0.3, -0.25) is 0 Å². The zero-order valence-electron chi connectivity index (χ0n) is 16.2. The van der Waals surface area contributed by atoms with E-state index in [1.807, 2.05) is 12.1 Å². The first kappa shape index (κ1) is 18.5. The van der Waals surface area contributed by atoms with Crippen LogP contribution in [-0.2, 0) is 0 Å². The maximum Gasteiger partial charge on any atom is 0.227 e. The Morgan fingerprint density at radius 3 is 2.80 bits per heavy atom. The summed E-state index contributed by atoms with van der Waals surface area (Å²) < 4.78 is 19.8. The highest BCUT2D eigenvalue weighted by molar-refractivity contribution is 5.87. The number of ether oxygens (including phenoxy) is 1. The minimum absolute atomic E-state index is 0.143. The van der Waals surface area contributed by atoms with E-state index in [0.29, 0.717) is 11.6 Å². The van der Waals surface area contributed by atoms with Crippen LogP contribution in [0.4, 0.5) is 16.0 Å². The SMILES string of the molecule is Fc1cccc(Nc2ncc3cc(-c4ncc[nH]4)c(OC4CCNCC4)cc3n2)c1.